The van der Waals surface area contributed by atoms with E-state index in [0.29, 0.717) is 0 Å². The first-order chi connectivity index (χ1) is 5.54. The van der Waals surface area contributed by atoms with Crippen LogP contribution in [0.1, 0.15) is 1.37 Å². The third kappa shape index (κ3) is 2.56. The molecule has 0 aromatic rings. The van der Waals surface area contributed by atoms with Crippen molar-refractivity contribution in [2.24, 2.45) is 0 Å². The molecule has 1 unspecified atom stereocenters. The molecule has 0 spiro atoms. The lowest BCUT2D eigenvalue weighted by Gasteiger charge is -2.24. The summed E-state index contributed by atoms with van der Waals surface area (Å²) in [4.78, 5) is 11.2. The van der Waals surface area contributed by atoms with E-state index in [4.69, 9.17) is 1.37 Å². The van der Waals surface area contributed by atoms with Gasteiger partial charge in [0.1, 0.15) is 0 Å². The largest absolute Gasteiger partial charge is 0.293 e. The number of alkyl halides is 1. The van der Waals surface area contributed by atoms with Crippen LogP contribution >= 0.6 is 35.3 Å². The topological polar surface area (TPSA) is 17.1 Å². The quantitative estimate of drug-likeness (QED) is 0.654. The van der Waals surface area contributed by atoms with E-state index in [1.54, 1.807) is 18.8 Å². The molecule has 11 heavy (non-hydrogen) atoms. The molecule has 1 nitrogen and oxygen atoms in total. The van der Waals surface area contributed by atoms with Gasteiger partial charge in [0.15, 0.2) is 15.8 Å². The third-order valence-corrected chi connectivity index (χ3v) is 6.42. The smallest absolute Gasteiger partial charge is 0.199 e. The van der Waals surface area contributed by atoms with Crippen molar-refractivity contribution < 1.29 is 10.6 Å². The van der Waals surface area contributed by atoms with Gasteiger partial charge in [-0.25, -0.2) is 4.39 Å². The van der Waals surface area contributed by atoms with Crippen LogP contribution in [0.15, 0.2) is 0 Å². The van der Waals surface area contributed by atoms with Gasteiger partial charge in [0, 0.05) is 0 Å². The Morgan fingerprint density at radius 3 is 1.91 bits per heavy atom. The minimum absolute atomic E-state index is 0.671. The van der Waals surface area contributed by atoms with Gasteiger partial charge in [-0.1, -0.05) is 0 Å². The fourth-order valence-electron chi connectivity index (χ4n) is 0.619. The summed E-state index contributed by atoms with van der Waals surface area (Å²) in [6.07, 6.45) is 5.23. The third-order valence-electron chi connectivity index (χ3n) is 1.21. The molecular weight excluding hydrogens is 203 g/mol. The fraction of sp³-hybridized carbons (Fsp3) is 0.833. The molecule has 0 saturated heterocycles. The van der Waals surface area contributed by atoms with Crippen LogP contribution in [0.3, 0.4) is 0 Å². The molecule has 0 N–H and O–H groups in total. The van der Waals surface area contributed by atoms with E-state index in [0.717, 1.165) is 0 Å². The number of rotatable bonds is 5. The molecule has 0 amide bonds. The minimum Gasteiger partial charge on any atom is -0.293 e. The molecule has 0 aromatic heterocycles. The molecule has 5 heteroatoms. The lowest BCUT2D eigenvalue weighted by Crippen LogP contribution is -2.28. The zero-order valence-electron chi connectivity index (χ0n) is 7.59. The number of thioether (sulfide) groups is 3. The van der Waals surface area contributed by atoms with Gasteiger partial charge in [0.05, 0.1) is 1.37 Å². The highest BCUT2D eigenvalue weighted by Crippen LogP contribution is 2.43. The van der Waals surface area contributed by atoms with Gasteiger partial charge >= 0.3 is 0 Å². The predicted molar refractivity (Wildman–Crippen MR) is 54.3 cm³/mol. The Morgan fingerprint density at radius 1 is 1.45 bits per heavy atom. The number of Topliss-reactive ketones (excluding diaryl/α,β-unsaturated/α-hetero) is 1. The predicted octanol–water partition coefficient (Wildman–Crippen LogP) is 2.27. The normalized spacial score (nSPS) is 15.8. The van der Waals surface area contributed by atoms with Gasteiger partial charge in [0.2, 0.25) is 0 Å². The number of carbonyl (C=O) groups is 1. The van der Waals surface area contributed by atoms with E-state index in [2.05, 4.69) is 0 Å². The van der Waals surface area contributed by atoms with Crippen molar-refractivity contribution in [1.82, 2.24) is 0 Å². The molecule has 0 saturated carbocycles. The maximum Gasteiger partial charge on any atom is 0.199 e. The molecule has 0 aliphatic heterocycles. The molecule has 0 aliphatic rings. The first-order valence-corrected chi connectivity index (χ1v) is 6.47. The Morgan fingerprint density at radius 2 is 1.82 bits per heavy atom. The van der Waals surface area contributed by atoms with E-state index in [9.17, 15) is 9.18 Å². The van der Waals surface area contributed by atoms with E-state index in [-0.39, 0.29) is 0 Å². The van der Waals surface area contributed by atoms with Crippen LogP contribution in [0.25, 0.3) is 0 Å². The van der Waals surface area contributed by atoms with Crippen molar-refractivity contribution >= 4 is 41.1 Å². The van der Waals surface area contributed by atoms with Gasteiger partial charge < -0.3 is 0 Å². The number of halogens is 1. The second kappa shape index (κ2) is 5.32. The van der Waals surface area contributed by atoms with Crippen molar-refractivity contribution in [3.8, 4) is 0 Å². The van der Waals surface area contributed by atoms with E-state index in [1.165, 1.54) is 35.3 Å². The monoisotopic (exact) mass is 215 g/mol. The van der Waals surface area contributed by atoms with Gasteiger partial charge in [-0.05, 0) is 18.8 Å². The van der Waals surface area contributed by atoms with Crippen LogP contribution in [0.2, 0.25) is 0 Å². The fourth-order valence-corrected chi connectivity index (χ4v) is 3.36. The van der Waals surface area contributed by atoms with Gasteiger partial charge in [-0.2, -0.15) is 0 Å². The summed E-state index contributed by atoms with van der Waals surface area (Å²) in [5, 5.41) is 0. The number of hydrogen-bond acceptors (Lipinski definition) is 4. The second-order valence-corrected chi connectivity index (χ2v) is 5.48. The Balaban J connectivity index is 4.59. The lowest BCUT2D eigenvalue weighted by molar-refractivity contribution is -0.118. The van der Waals surface area contributed by atoms with Gasteiger partial charge in [-0.15, -0.1) is 35.3 Å². The summed E-state index contributed by atoms with van der Waals surface area (Å²) in [5.41, 5.74) is 0. The average molecular weight is 215 g/mol. The Labute approximate surface area is 80.7 Å². The van der Waals surface area contributed by atoms with Crippen LogP contribution in [0.4, 0.5) is 4.39 Å². The zero-order valence-corrected chi connectivity index (χ0v) is 9.04. The van der Waals surface area contributed by atoms with E-state index in [1.807, 2.05) is 0 Å². The molecule has 0 aliphatic carbocycles. The van der Waals surface area contributed by atoms with Crippen molar-refractivity contribution in [1.29, 1.82) is 0 Å². The average Bonchev–Trinajstić information content (AvgIpc) is 2.08. The SMILES string of the molecule is [2H]C(F)C(=O)C(SC)(SC)SC. The molecule has 0 bridgehead atoms. The summed E-state index contributed by atoms with van der Waals surface area (Å²) >= 11 is 3.81. The zero-order chi connectivity index (χ0) is 9.78. The van der Waals surface area contributed by atoms with Crippen molar-refractivity contribution in [3.05, 3.63) is 0 Å². The number of carbonyl (C=O) groups excluding carboxylic acids is 1. The van der Waals surface area contributed by atoms with Crippen LogP contribution in [0, 0.1) is 0 Å². The first-order valence-electron chi connectivity index (χ1n) is 3.38. The molecule has 0 radical (unpaired) electrons. The highest BCUT2D eigenvalue weighted by Gasteiger charge is 2.35. The van der Waals surface area contributed by atoms with Crippen molar-refractivity contribution in [2.75, 3.05) is 25.4 Å². The lowest BCUT2D eigenvalue weighted by atomic mass is 10.5. The summed E-state index contributed by atoms with van der Waals surface area (Å²) in [6.45, 7) is -2.13. The summed E-state index contributed by atoms with van der Waals surface area (Å²) in [5.74, 6) is -0.671. The molecule has 66 valence electrons. The summed E-state index contributed by atoms with van der Waals surface area (Å²) in [6, 6.07) is 0. The van der Waals surface area contributed by atoms with Crippen LogP contribution in [-0.2, 0) is 4.79 Å². The number of hydrogen-bond donors (Lipinski definition) is 0. The molecule has 0 rings (SSSR count). The standard InChI is InChI=1S/C6H11FOS3/c1-9-6(10-2,11-3)5(8)4-7/h4H2,1-3H3/i4D. The van der Waals surface area contributed by atoms with Gasteiger partial charge in [-0.3, -0.25) is 4.79 Å². The molecule has 0 fully saturated rings. The van der Waals surface area contributed by atoms with Crippen LogP contribution in [-0.4, -0.2) is 34.6 Å². The van der Waals surface area contributed by atoms with E-state index < -0.39 is 15.8 Å². The van der Waals surface area contributed by atoms with Crippen molar-refractivity contribution in [2.45, 2.75) is 3.41 Å². The van der Waals surface area contributed by atoms with E-state index >= 15 is 0 Å². The first kappa shape index (κ1) is 9.74. The molecular formula is C6H11FOS3. The maximum atomic E-state index is 12.4. The van der Waals surface area contributed by atoms with Gasteiger partial charge in [0.25, 0.3) is 0 Å². The highest BCUT2D eigenvalue weighted by molar-refractivity contribution is 8.34. The highest BCUT2D eigenvalue weighted by atomic mass is 32.3. The Kier molecular flexibility index (Phi) is 4.71. The Bertz CT molecular complexity index is 153. The molecule has 0 aromatic carbocycles. The Hall–Kier alpha value is 0.650. The summed E-state index contributed by atoms with van der Waals surface area (Å²) < 4.78 is 18.3. The number of ketones is 1. The van der Waals surface area contributed by atoms with Crippen LogP contribution in [0.5, 0.6) is 0 Å². The van der Waals surface area contributed by atoms with Crippen LogP contribution < -0.4 is 0 Å². The maximum absolute atomic E-state index is 12.4. The van der Waals surface area contributed by atoms with Crippen molar-refractivity contribution in [3.63, 3.8) is 0 Å². The second-order valence-electron chi connectivity index (χ2n) is 1.64. The summed E-state index contributed by atoms with van der Waals surface area (Å²) in [7, 11) is 0. The molecule has 0 heterocycles. The minimum atomic E-state index is -2.13. The molecule has 1 atom stereocenters.